The number of benzene rings is 1. The molecule has 0 saturated carbocycles. The highest BCUT2D eigenvalue weighted by molar-refractivity contribution is 5.96. The molecule has 0 aliphatic carbocycles. The number of carbonyl (C=O) groups is 2. The van der Waals surface area contributed by atoms with Gasteiger partial charge in [-0.3, -0.25) is 4.79 Å². The Labute approximate surface area is 135 Å². The van der Waals surface area contributed by atoms with Crippen molar-refractivity contribution in [2.45, 2.75) is 32.2 Å². The van der Waals surface area contributed by atoms with Crippen LogP contribution in [-0.4, -0.2) is 28.0 Å². The molecule has 2 N–H and O–H groups in total. The first-order valence-electron chi connectivity index (χ1n) is 7.64. The molecule has 120 valence electrons. The van der Waals surface area contributed by atoms with Gasteiger partial charge < -0.3 is 10.4 Å². The van der Waals surface area contributed by atoms with Gasteiger partial charge >= 0.3 is 5.97 Å². The number of hydrogen-bond donors (Lipinski definition) is 2. The Morgan fingerprint density at radius 3 is 2.61 bits per heavy atom. The summed E-state index contributed by atoms with van der Waals surface area (Å²) in [6.45, 7) is 2.07. The highest BCUT2D eigenvalue weighted by atomic mass is 16.4. The summed E-state index contributed by atoms with van der Waals surface area (Å²) in [6, 6.07) is 12.8. The first-order chi connectivity index (χ1) is 11.1. The molecule has 1 heterocycles. The predicted octanol–water partition coefficient (Wildman–Crippen LogP) is 2.92. The average Bonchev–Trinajstić information content (AvgIpc) is 2.56. The Kier molecular flexibility index (Phi) is 5.86. The van der Waals surface area contributed by atoms with E-state index in [1.807, 2.05) is 30.3 Å². The molecule has 2 rings (SSSR count). The molecule has 5 heteroatoms. The van der Waals surface area contributed by atoms with Gasteiger partial charge in [0, 0.05) is 17.8 Å². The zero-order valence-corrected chi connectivity index (χ0v) is 13.0. The van der Waals surface area contributed by atoms with Gasteiger partial charge in [0.25, 0.3) is 5.91 Å². The molecule has 1 aromatic heterocycles. The number of carboxylic acid groups (broad SMARTS) is 1. The van der Waals surface area contributed by atoms with E-state index in [9.17, 15) is 9.59 Å². The van der Waals surface area contributed by atoms with Crippen LogP contribution in [0, 0.1) is 0 Å². The van der Waals surface area contributed by atoms with Crippen molar-refractivity contribution in [2.75, 3.05) is 0 Å². The van der Waals surface area contributed by atoms with Crippen LogP contribution in [0.3, 0.4) is 0 Å². The van der Waals surface area contributed by atoms with Crippen LogP contribution in [0.25, 0.3) is 0 Å². The van der Waals surface area contributed by atoms with Crippen LogP contribution < -0.4 is 5.32 Å². The molecule has 0 bridgehead atoms. The Balaban J connectivity index is 2.08. The second kappa shape index (κ2) is 8.08. The maximum atomic E-state index is 12.4. The Hall–Kier alpha value is -2.69. The molecule has 2 aromatic rings. The molecular formula is C18H20N2O3. The first kappa shape index (κ1) is 16.7. The number of amides is 1. The van der Waals surface area contributed by atoms with Crippen LogP contribution in [0.4, 0.5) is 0 Å². The summed E-state index contributed by atoms with van der Waals surface area (Å²) in [6.07, 6.45) is 3.90. The normalized spacial score (nSPS) is 11.7. The molecular weight excluding hydrogens is 292 g/mol. The van der Waals surface area contributed by atoms with Gasteiger partial charge in [-0.15, -0.1) is 0 Å². The fraction of sp³-hybridized carbons (Fsp3) is 0.278. The summed E-state index contributed by atoms with van der Waals surface area (Å²) in [5, 5.41) is 11.9. The lowest BCUT2D eigenvalue weighted by Crippen LogP contribution is -2.36. The Bertz CT molecular complexity index is 671. The summed E-state index contributed by atoms with van der Waals surface area (Å²) in [5.74, 6) is -1.42. The minimum absolute atomic E-state index is 0.0105. The summed E-state index contributed by atoms with van der Waals surface area (Å²) < 4.78 is 0. The molecule has 1 aromatic carbocycles. The molecule has 1 unspecified atom stereocenters. The zero-order valence-electron chi connectivity index (χ0n) is 13.0. The Morgan fingerprint density at radius 2 is 1.96 bits per heavy atom. The lowest BCUT2D eigenvalue weighted by atomic mass is 10.0. The summed E-state index contributed by atoms with van der Waals surface area (Å²) >= 11 is 0. The van der Waals surface area contributed by atoms with Crippen LogP contribution >= 0.6 is 0 Å². The van der Waals surface area contributed by atoms with E-state index in [1.165, 1.54) is 18.3 Å². The maximum absolute atomic E-state index is 12.4. The largest absolute Gasteiger partial charge is 0.477 e. The number of pyridine rings is 1. The number of carboxylic acids is 1. The molecule has 0 fully saturated rings. The molecule has 0 radical (unpaired) electrons. The van der Waals surface area contributed by atoms with E-state index >= 15 is 0 Å². The molecule has 0 saturated heterocycles. The van der Waals surface area contributed by atoms with Gasteiger partial charge in [0.1, 0.15) is 5.69 Å². The van der Waals surface area contributed by atoms with Crippen LogP contribution in [0.15, 0.2) is 48.7 Å². The molecule has 1 atom stereocenters. The molecule has 23 heavy (non-hydrogen) atoms. The third-order valence-electron chi connectivity index (χ3n) is 3.54. The number of aromatic carboxylic acids is 1. The van der Waals surface area contributed by atoms with E-state index in [1.54, 1.807) is 0 Å². The second-order valence-corrected chi connectivity index (χ2v) is 5.38. The minimum atomic E-state index is -1.14. The SMILES string of the molecule is CCCC(Cc1ccccc1)NC(=O)c1ccnc(C(=O)O)c1. The van der Waals surface area contributed by atoms with Gasteiger partial charge in [0.15, 0.2) is 0 Å². The first-order valence-corrected chi connectivity index (χ1v) is 7.64. The van der Waals surface area contributed by atoms with Gasteiger partial charge in [-0.1, -0.05) is 43.7 Å². The quantitative estimate of drug-likeness (QED) is 0.824. The summed E-state index contributed by atoms with van der Waals surface area (Å²) in [5.41, 5.74) is 1.34. The highest BCUT2D eigenvalue weighted by Crippen LogP contribution is 2.09. The standard InChI is InChI=1S/C18H20N2O3/c1-2-6-15(11-13-7-4-3-5-8-13)20-17(21)14-9-10-19-16(12-14)18(22)23/h3-5,7-10,12,15H,2,6,11H2,1H3,(H,20,21)(H,22,23). The van der Waals surface area contributed by atoms with E-state index < -0.39 is 5.97 Å². The summed E-state index contributed by atoms with van der Waals surface area (Å²) in [4.78, 5) is 27.0. The van der Waals surface area contributed by atoms with Crippen molar-refractivity contribution in [3.8, 4) is 0 Å². The molecule has 5 nitrogen and oxygen atoms in total. The number of aromatic nitrogens is 1. The van der Waals surface area contributed by atoms with Gasteiger partial charge in [0.2, 0.25) is 0 Å². The maximum Gasteiger partial charge on any atom is 0.354 e. The molecule has 0 aliphatic rings. The lowest BCUT2D eigenvalue weighted by Gasteiger charge is -2.18. The predicted molar refractivity (Wildman–Crippen MR) is 87.5 cm³/mol. The molecule has 0 spiro atoms. The van der Waals surface area contributed by atoms with Crippen molar-refractivity contribution in [1.29, 1.82) is 0 Å². The van der Waals surface area contributed by atoms with E-state index in [2.05, 4.69) is 17.2 Å². The summed E-state index contributed by atoms with van der Waals surface area (Å²) in [7, 11) is 0. The fourth-order valence-corrected chi connectivity index (χ4v) is 2.43. The Morgan fingerprint density at radius 1 is 1.22 bits per heavy atom. The van der Waals surface area contributed by atoms with E-state index in [4.69, 9.17) is 5.11 Å². The zero-order chi connectivity index (χ0) is 16.7. The van der Waals surface area contributed by atoms with Crippen molar-refractivity contribution in [3.63, 3.8) is 0 Å². The van der Waals surface area contributed by atoms with Crippen molar-refractivity contribution in [1.82, 2.24) is 10.3 Å². The van der Waals surface area contributed by atoms with Crippen molar-refractivity contribution in [3.05, 3.63) is 65.5 Å². The fourth-order valence-electron chi connectivity index (χ4n) is 2.43. The van der Waals surface area contributed by atoms with Crippen molar-refractivity contribution >= 4 is 11.9 Å². The van der Waals surface area contributed by atoms with E-state index in [0.717, 1.165) is 24.8 Å². The molecule has 1 amide bonds. The van der Waals surface area contributed by atoms with E-state index in [0.29, 0.717) is 5.56 Å². The number of rotatable bonds is 7. The van der Waals surface area contributed by atoms with Gasteiger partial charge in [-0.25, -0.2) is 9.78 Å². The van der Waals surface area contributed by atoms with Gasteiger partial charge in [-0.05, 0) is 30.5 Å². The van der Waals surface area contributed by atoms with Crippen LogP contribution in [0.1, 0.15) is 46.2 Å². The smallest absolute Gasteiger partial charge is 0.354 e. The topological polar surface area (TPSA) is 79.3 Å². The van der Waals surface area contributed by atoms with Crippen molar-refractivity contribution < 1.29 is 14.7 Å². The lowest BCUT2D eigenvalue weighted by molar-refractivity contribution is 0.0690. The second-order valence-electron chi connectivity index (χ2n) is 5.38. The number of nitrogens with one attached hydrogen (secondary N) is 1. The van der Waals surface area contributed by atoms with Gasteiger partial charge in [0.05, 0.1) is 0 Å². The molecule has 0 aliphatic heterocycles. The average molecular weight is 312 g/mol. The third kappa shape index (κ3) is 4.92. The van der Waals surface area contributed by atoms with Gasteiger partial charge in [-0.2, -0.15) is 0 Å². The third-order valence-corrected chi connectivity index (χ3v) is 3.54. The number of carbonyl (C=O) groups excluding carboxylic acids is 1. The monoisotopic (exact) mass is 312 g/mol. The number of hydrogen-bond acceptors (Lipinski definition) is 3. The van der Waals surface area contributed by atoms with Crippen molar-refractivity contribution in [2.24, 2.45) is 0 Å². The number of nitrogens with zero attached hydrogens (tertiary/aromatic N) is 1. The van der Waals surface area contributed by atoms with E-state index in [-0.39, 0.29) is 17.6 Å². The minimum Gasteiger partial charge on any atom is -0.477 e. The van der Waals surface area contributed by atoms with Crippen LogP contribution in [0.5, 0.6) is 0 Å². The highest BCUT2D eigenvalue weighted by Gasteiger charge is 2.15. The van der Waals surface area contributed by atoms with Crippen LogP contribution in [-0.2, 0) is 6.42 Å². The van der Waals surface area contributed by atoms with Crippen LogP contribution in [0.2, 0.25) is 0 Å².